The number of hydrogen-bond donors (Lipinski definition) is 1. The summed E-state index contributed by atoms with van der Waals surface area (Å²) in [6, 6.07) is 0.757. The van der Waals surface area contributed by atoms with Crippen LogP contribution in [-0.2, 0) is 0 Å². The Bertz CT molecular complexity index is 203. The van der Waals surface area contributed by atoms with Gasteiger partial charge in [0.2, 0.25) is 0 Å². The van der Waals surface area contributed by atoms with Gasteiger partial charge in [-0.15, -0.1) is 0 Å². The van der Waals surface area contributed by atoms with Crippen LogP contribution in [0, 0.1) is 11.3 Å². The Morgan fingerprint density at radius 2 is 2.06 bits per heavy atom. The summed E-state index contributed by atoms with van der Waals surface area (Å²) in [5.74, 6) is 0.888. The zero-order valence-electron chi connectivity index (χ0n) is 11.7. The lowest BCUT2D eigenvalue weighted by Gasteiger charge is -2.39. The average molecular weight is 243 g/mol. The number of nitrogens with one attached hydrogen (secondary N) is 1. The van der Waals surface area contributed by atoms with E-state index in [4.69, 9.17) is 0 Å². The smallest absolute Gasteiger partial charge is 0.00746 e. The summed E-state index contributed by atoms with van der Waals surface area (Å²) in [7, 11) is 0. The first kappa shape index (κ1) is 14.4. The molecular weight excluding hydrogens is 214 g/mol. The van der Waals surface area contributed by atoms with Crippen molar-refractivity contribution in [2.75, 3.05) is 12.8 Å². The van der Waals surface area contributed by atoms with Gasteiger partial charge in [-0.3, -0.25) is 0 Å². The molecule has 0 aromatic rings. The SMILES string of the molecule is CSC(C)CCNC1CC(C)CC(C)(C)C1. The first-order valence-corrected chi connectivity index (χ1v) is 7.98. The monoisotopic (exact) mass is 243 g/mol. The van der Waals surface area contributed by atoms with Crippen molar-refractivity contribution in [2.24, 2.45) is 11.3 Å². The molecule has 3 unspecified atom stereocenters. The minimum absolute atomic E-state index is 0.542. The summed E-state index contributed by atoms with van der Waals surface area (Å²) < 4.78 is 0. The Hall–Kier alpha value is 0.310. The average Bonchev–Trinajstić information content (AvgIpc) is 2.14. The first-order chi connectivity index (χ1) is 7.43. The summed E-state index contributed by atoms with van der Waals surface area (Å²) in [5, 5.41) is 4.55. The molecule has 1 aliphatic carbocycles. The molecule has 1 aliphatic rings. The Morgan fingerprint density at radius 3 is 2.62 bits per heavy atom. The molecule has 0 spiro atoms. The van der Waals surface area contributed by atoms with Crippen LogP contribution >= 0.6 is 11.8 Å². The fraction of sp³-hybridized carbons (Fsp3) is 1.00. The lowest BCUT2D eigenvalue weighted by Crippen LogP contribution is -2.40. The van der Waals surface area contributed by atoms with Crippen molar-refractivity contribution in [2.45, 2.75) is 64.7 Å². The van der Waals surface area contributed by atoms with E-state index in [1.807, 2.05) is 11.8 Å². The van der Waals surface area contributed by atoms with Gasteiger partial charge in [0.25, 0.3) is 0 Å². The van der Waals surface area contributed by atoms with E-state index in [0.717, 1.165) is 17.2 Å². The van der Waals surface area contributed by atoms with Gasteiger partial charge in [0.15, 0.2) is 0 Å². The van der Waals surface area contributed by atoms with Crippen LogP contribution in [0.3, 0.4) is 0 Å². The van der Waals surface area contributed by atoms with Crippen LogP contribution in [0.15, 0.2) is 0 Å². The van der Waals surface area contributed by atoms with Crippen molar-refractivity contribution in [3.63, 3.8) is 0 Å². The molecule has 1 rings (SSSR count). The maximum Gasteiger partial charge on any atom is 0.00746 e. The maximum atomic E-state index is 3.76. The topological polar surface area (TPSA) is 12.0 Å². The van der Waals surface area contributed by atoms with E-state index in [0.29, 0.717) is 5.41 Å². The summed E-state index contributed by atoms with van der Waals surface area (Å²) in [6.45, 7) is 10.7. The maximum absolute atomic E-state index is 3.76. The summed E-state index contributed by atoms with van der Waals surface area (Å²) >= 11 is 1.97. The summed E-state index contributed by atoms with van der Waals surface area (Å²) in [6.07, 6.45) is 7.62. The van der Waals surface area contributed by atoms with Gasteiger partial charge >= 0.3 is 0 Å². The Morgan fingerprint density at radius 1 is 1.38 bits per heavy atom. The first-order valence-electron chi connectivity index (χ1n) is 6.69. The molecule has 1 N–H and O–H groups in total. The predicted molar refractivity (Wildman–Crippen MR) is 76.2 cm³/mol. The minimum atomic E-state index is 0.542. The second-order valence-corrected chi connectivity index (χ2v) is 7.68. The lowest BCUT2D eigenvalue weighted by atomic mass is 9.70. The number of rotatable bonds is 5. The van der Waals surface area contributed by atoms with E-state index in [-0.39, 0.29) is 0 Å². The predicted octanol–water partition coefficient (Wildman–Crippen LogP) is 3.93. The molecule has 0 amide bonds. The minimum Gasteiger partial charge on any atom is -0.314 e. The molecular formula is C14H29NS. The van der Waals surface area contributed by atoms with Gasteiger partial charge in [0.1, 0.15) is 0 Å². The molecule has 0 bridgehead atoms. The highest BCUT2D eigenvalue weighted by molar-refractivity contribution is 7.99. The van der Waals surface area contributed by atoms with Crippen molar-refractivity contribution in [1.82, 2.24) is 5.32 Å². The van der Waals surface area contributed by atoms with Crippen LogP contribution in [0.1, 0.15) is 53.4 Å². The molecule has 0 saturated heterocycles. The summed E-state index contributed by atoms with van der Waals surface area (Å²) in [5.41, 5.74) is 0.542. The fourth-order valence-electron chi connectivity index (χ4n) is 3.11. The Labute approximate surface area is 106 Å². The van der Waals surface area contributed by atoms with E-state index in [1.165, 1.54) is 32.2 Å². The van der Waals surface area contributed by atoms with Gasteiger partial charge in [-0.2, -0.15) is 11.8 Å². The van der Waals surface area contributed by atoms with Crippen molar-refractivity contribution in [3.8, 4) is 0 Å². The molecule has 1 fully saturated rings. The Kier molecular flexibility index (Phi) is 5.66. The zero-order chi connectivity index (χ0) is 12.2. The van der Waals surface area contributed by atoms with E-state index in [2.05, 4.69) is 39.3 Å². The van der Waals surface area contributed by atoms with Gasteiger partial charge in [-0.05, 0) is 49.8 Å². The highest BCUT2D eigenvalue weighted by Crippen LogP contribution is 2.38. The molecule has 0 aromatic carbocycles. The van der Waals surface area contributed by atoms with E-state index < -0.39 is 0 Å². The highest BCUT2D eigenvalue weighted by atomic mass is 32.2. The molecule has 3 atom stereocenters. The van der Waals surface area contributed by atoms with Gasteiger partial charge in [0, 0.05) is 11.3 Å². The molecule has 16 heavy (non-hydrogen) atoms. The van der Waals surface area contributed by atoms with Crippen LogP contribution in [0.2, 0.25) is 0 Å². The molecule has 1 saturated carbocycles. The van der Waals surface area contributed by atoms with Crippen LogP contribution < -0.4 is 5.32 Å². The molecule has 0 radical (unpaired) electrons. The largest absolute Gasteiger partial charge is 0.314 e. The van der Waals surface area contributed by atoms with Crippen molar-refractivity contribution in [3.05, 3.63) is 0 Å². The van der Waals surface area contributed by atoms with Crippen molar-refractivity contribution in [1.29, 1.82) is 0 Å². The second kappa shape index (κ2) is 6.30. The third kappa shape index (κ3) is 5.09. The van der Waals surface area contributed by atoms with E-state index >= 15 is 0 Å². The van der Waals surface area contributed by atoms with Gasteiger partial charge < -0.3 is 5.32 Å². The van der Waals surface area contributed by atoms with Crippen molar-refractivity contribution >= 4 is 11.8 Å². The zero-order valence-corrected chi connectivity index (χ0v) is 12.5. The third-order valence-corrected chi connectivity index (χ3v) is 4.81. The number of thioether (sulfide) groups is 1. The molecule has 0 heterocycles. The highest BCUT2D eigenvalue weighted by Gasteiger charge is 2.31. The van der Waals surface area contributed by atoms with E-state index in [9.17, 15) is 0 Å². The molecule has 1 nitrogen and oxygen atoms in total. The van der Waals surface area contributed by atoms with Gasteiger partial charge in [-0.1, -0.05) is 27.7 Å². The fourth-order valence-corrected chi connectivity index (χ4v) is 3.46. The number of hydrogen-bond acceptors (Lipinski definition) is 2. The molecule has 96 valence electrons. The normalized spacial score (nSPS) is 31.3. The Balaban J connectivity index is 2.26. The molecule has 2 heteroatoms. The standard InChI is InChI=1S/C14H29NS/c1-11-8-13(10-14(3,4)9-11)15-7-6-12(2)16-5/h11-13,15H,6-10H2,1-5H3. The summed E-state index contributed by atoms with van der Waals surface area (Å²) in [4.78, 5) is 0. The van der Waals surface area contributed by atoms with Crippen LogP contribution in [-0.4, -0.2) is 24.1 Å². The van der Waals surface area contributed by atoms with E-state index in [1.54, 1.807) is 0 Å². The third-order valence-electron chi connectivity index (χ3n) is 3.77. The quantitative estimate of drug-likeness (QED) is 0.785. The van der Waals surface area contributed by atoms with Gasteiger partial charge in [0.05, 0.1) is 0 Å². The van der Waals surface area contributed by atoms with Crippen LogP contribution in [0.4, 0.5) is 0 Å². The van der Waals surface area contributed by atoms with Crippen molar-refractivity contribution < 1.29 is 0 Å². The molecule has 0 aromatic heterocycles. The second-order valence-electron chi connectivity index (χ2n) is 6.40. The molecule has 0 aliphatic heterocycles. The lowest BCUT2D eigenvalue weighted by molar-refractivity contribution is 0.151. The van der Waals surface area contributed by atoms with Crippen LogP contribution in [0.5, 0.6) is 0 Å². The van der Waals surface area contributed by atoms with Crippen LogP contribution in [0.25, 0.3) is 0 Å². The van der Waals surface area contributed by atoms with Gasteiger partial charge in [-0.25, -0.2) is 0 Å².